The van der Waals surface area contributed by atoms with E-state index in [-0.39, 0.29) is 5.75 Å². The van der Waals surface area contributed by atoms with Crippen molar-refractivity contribution in [1.29, 1.82) is 0 Å². The lowest BCUT2D eigenvalue weighted by Gasteiger charge is -2.18. The van der Waals surface area contributed by atoms with E-state index in [0.717, 1.165) is 5.56 Å². The summed E-state index contributed by atoms with van der Waals surface area (Å²) < 4.78 is 25.1. The van der Waals surface area contributed by atoms with Crippen LogP contribution in [0.1, 0.15) is 19.4 Å². The molecule has 0 aromatic heterocycles. The van der Waals surface area contributed by atoms with Gasteiger partial charge in [0.1, 0.15) is 0 Å². The number of carbonyl (C=O) groups excluding carboxylic acids is 1. The predicted octanol–water partition coefficient (Wildman–Crippen LogP) is 3.61. The van der Waals surface area contributed by atoms with E-state index in [4.69, 9.17) is 15.2 Å². The fourth-order valence-corrected chi connectivity index (χ4v) is 1.93. The molecule has 2 aromatic carbocycles. The summed E-state index contributed by atoms with van der Waals surface area (Å²) in [4.78, 5) is 11.8. The summed E-state index contributed by atoms with van der Waals surface area (Å²) >= 11 is 0. The van der Waals surface area contributed by atoms with Crippen LogP contribution in [0.4, 0.5) is 10.1 Å². The Labute approximate surface area is 140 Å². The van der Waals surface area contributed by atoms with Gasteiger partial charge >= 0.3 is 0 Å². The molecule has 2 rings (SSSR count). The SMILES string of the molecule is COc1cc(C)ccc1Oc1ccc(NC(=O)C(C)(C)N)cc1F. The summed E-state index contributed by atoms with van der Waals surface area (Å²) in [6.45, 7) is 5.06. The third kappa shape index (κ3) is 4.23. The first-order valence-electron chi connectivity index (χ1n) is 7.43. The van der Waals surface area contributed by atoms with Crippen LogP contribution < -0.4 is 20.5 Å². The molecule has 0 saturated heterocycles. The van der Waals surface area contributed by atoms with E-state index in [0.29, 0.717) is 17.2 Å². The normalized spacial score (nSPS) is 11.1. The molecule has 0 unspecified atom stereocenters. The Balaban J connectivity index is 2.20. The number of hydrogen-bond acceptors (Lipinski definition) is 4. The van der Waals surface area contributed by atoms with Crippen LogP contribution in [0, 0.1) is 12.7 Å². The van der Waals surface area contributed by atoms with E-state index in [1.54, 1.807) is 32.0 Å². The van der Waals surface area contributed by atoms with Crippen molar-refractivity contribution in [3.63, 3.8) is 0 Å². The van der Waals surface area contributed by atoms with Crippen LogP contribution in [0.25, 0.3) is 0 Å². The molecule has 5 nitrogen and oxygen atoms in total. The zero-order valence-corrected chi connectivity index (χ0v) is 14.1. The molecule has 0 spiro atoms. The Kier molecular flexibility index (Phi) is 5.09. The van der Waals surface area contributed by atoms with Gasteiger partial charge in [-0.3, -0.25) is 4.79 Å². The molecule has 0 aliphatic heterocycles. The maximum absolute atomic E-state index is 14.2. The lowest BCUT2D eigenvalue weighted by Crippen LogP contribution is -2.45. The second-order valence-corrected chi connectivity index (χ2v) is 6.08. The van der Waals surface area contributed by atoms with Crippen LogP contribution in [0.2, 0.25) is 0 Å². The zero-order valence-electron chi connectivity index (χ0n) is 14.1. The van der Waals surface area contributed by atoms with Crippen LogP contribution in [0.15, 0.2) is 36.4 Å². The third-order valence-electron chi connectivity index (χ3n) is 3.31. The number of amides is 1. The number of benzene rings is 2. The molecule has 0 saturated carbocycles. The van der Waals surface area contributed by atoms with Crippen LogP contribution in [-0.2, 0) is 4.79 Å². The van der Waals surface area contributed by atoms with Gasteiger partial charge in [-0.25, -0.2) is 4.39 Å². The molecular formula is C18H21FN2O3. The van der Waals surface area contributed by atoms with Crippen molar-refractivity contribution in [1.82, 2.24) is 0 Å². The molecule has 6 heteroatoms. The number of rotatable bonds is 5. The second-order valence-electron chi connectivity index (χ2n) is 6.08. The molecule has 2 aromatic rings. The Hall–Kier alpha value is -2.60. The molecule has 0 radical (unpaired) electrons. The summed E-state index contributed by atoms with van der Waals surface area (Å²) in [6.07, 6.45) is 0. The van der Waals surface area contributed by atoms with Gasteiger partial charge in [-0.1, -0.05) is 6.07 Å². The Morgan fingerprint density at radius 1 is 1.12 bits per heavy atom. The maximum Gasteiger partial charge on any atom is 0.243 e. The van der Waals surface area contributed by atoms with Gasteiger partial charge in [0.25, 0.3) is 0 Å². The monoisotopic (exact) mass is 332 g/mol. The summed E-state index contributed by atoms with van der Waals surface area (Å²) in [5, 5.41) is 2.56. The molecule has 0 atom stereocenters. The van der Waals surface area contributed by atoms with Gasteiger partial charge in [0, 0.05) is 11.8 Å². The molecule has 0 aliphatic carbocycles. The summed E-state index contributed by atoms with van der Waals surface area (Å²) in [7, 11) is 1.52. The molecule has 0 bridgehead atoms. The standard InChI is InChI=1S/C18H21FN2O3/c1-11-5-7-15(16(9-11)23-4)24-14-8-6-12(10-13(14)19)21-17(22)18(2,3)20/h5-10H,20H2,1-4H3,(H,21,22). The predicted molar refractivity (Wildman–Crippen MR) is 91.1 cm³/mol. The highest BCUT2D eigenvalue weighted by atomic mass is 19.1. The first kappa shape index (κ1) is 17.7. The van der Waals surface area contributed by atoms with Gasteiger partial charge in [-0.15, -0.1) is 0 Å². The van der Waals surface area contributed by atoms with Crippen LogP contribution in [-0.4, -0.2) is 18.6 Å². The van der Waals surface area contributed by atoms with E-state index in [2.05, 4.69) is 5.32 Å². The number of anilines is 1. The number of hydrogen-bond donors (Lipinski definition) is 2. The Morgan fingerprint density at radius 2 is 1.79 bits per heavy atom. The van der Waals surface area contributed by atoms with Crippen molar-refractivity contribution in [3.8, 4) is 17.2 Å². The number of carbonyl (C=O) groups is 1. The van der Waals surface area contributed by atoms with Crippen molar-refractivity contribution in [2.45, 2.75) is 26.3 Å². The lowest BCUT2D eigenvalue weighted by molar-refractivity contribution is -0.120. The number of methoxy groups -OCH3 is 1. The second kappa shape index (κ2) is 6.88. The number of nitrogens with two attached hydrogens (primary N) is 1. The largest absolute Gasteiger partial charge is 0.493 e. The first-order chi connectivity index (χ1) is 11.2. The number of aryl methyl sites for hydroxylation is 1. The third-order valence-corrected chi connectivity index (χ3v) is 3.31. The number of ether oxygens (including phenoxy) is 2. The van der Waals surface area contributed by atoms with Crippen molar-refractivity contribution in [3.05, 3.63) is 47.8 Å². The van der Waals surface area contributed by atoms with E-state index in [1.807, 2.05) is 13.0 Å². The fraction of sp³-hybridized carbons (Fsp3) is 0.278. The maximum atomic E-state index is 14.2. The van der Waals surface area contributed by atoms with Gasteiger partial charge in [-0.2, -0.15) is 0 Å². The van der Waals surface area contributed by atoms with Crippen molar-refractivity contribution < 1.29 is 18.7 Å². The highest BCUT2D eigenvalue weighted by molar-refractivity contribution is 5.97. The molecule has 1 amide bonds. The van der Waals surface area contributed by atoms with Gasteiger partial charge in [0.2, 0.25) is 5.91 Å². The van der Waals surface area contributed by atoms with Crippen LogP contribution >= 0.6 is 0 Å². The average molecular weight is 332 g/mol. The van der Waals surface area contributed by atoms with Gasteiger partial charge in [0.15, 0.2) is 23.1 Å². The minimum absolute atomic E-state index is 0.0298. The van der Waals surface area contributed by atoms with E-state index in [1.165, 1.54) is 19.2 Å². The molecule has 128 valence electrons. The molecule has 3 N–H and O–H groups in total. The van der Waals surface area contributed by atoms with Gasteiger partial charge in [-0.05, 0) is 50.6 Å². The van der Waals surface area contributed by atoms with E-state index in [9.17, 15) is 9.18 Å². The van der Waals surface area contributed by atoms with Crippen LogP contribution in [0.5, 0.6) is 17.2 Å². The highest BCUT2D eigenvalue weighted by Gasteiger charge is 2.22. The van der Waals surface area contributed by atoms with E-state index >= 15 is 0 Å². The molecule has 0 heterocycles. The quantitative estimate of drug-likeness (QED) is 0.877. The molecule has 24 heavy (non-hydrogen) atoms. The topological polar surface area (TPSA) is 73.6 Å². The van der Waals surface area contributed by atoms with Crippen molar-refractivity contribution in [2.24, 2.45) is 5.73 Å². The average Bonchev–Trinajstić information content (AvgIpc) is 2.50. The molecule has 0 fully saturated rings. The zero-order chi connectivity index (χ0) is 17.9. The van der Waals surface area contributed by atoms with Gasteiger partial charge < -0.3 is 20.5 Å². The number of nitrogens with one attached hydrogen (secondary N) is 1. The minimum atomic E-state index is -1.05. The Bertz CT molecular complexity index is 754. The summed E-state index contributed by atoms with van der Waals surface area (Å²) in [6, 6.07) is 9.51. The Morgan fingerprint density at radius 3 is 2.38 bits per heavy atom. The van der Waals surface area contributed by atoms with Crippen molar-refractivity contribution >= 4 is 11.6 Å². The number of halogens is 1. The molecular weight excluding hydrogens is 311 g/mol. The lowest BCUT2D eigenvalue weighted by atomic mass is 10.1. The van der Waals surface area contributed by atoms with Gasteiger partial charge in [0.05, 0.1) is 12.6 Å². The smallest absolute Gasteiger partial charge is 0.243 e. The van der Waals surface area contributed by atoms with E-state index < -0.39 is 17.3 Å². The summed E-state index contributed by atoms with van der Waals surface area (Å²) in [5.74, 6) is -0.0678. The fourth-order valence-electron chi connectivity index (χ4n) is 1.93. The minimum Gasteiger partial charge on any atom is -0.493 e. The van der Waals surface area contributed by atoms with Crippen LogP contribution in [0.3, 0.4) is 0 Å². The summed E-state index contributed by atoms with van der Waals surface area (Å²) in [5.41, 5.74) is 5.95. The van der Waals surface area contributed by atoms with Crippen molar-refractivity contribution in [2.75, 3.05) is 12.4 Å². The highest BCUT2D eigenvalue weighted by Crippen LogP contribution is 2.34. The first-order valence-corrected chi connectivity index (χ1v) is 7.43. The molecule has 0 aliphatic rings.